The number of aliphatic hydroxyl groups is 1. The molecule has 0 aliphatic carbocycles. The van der Waals surface area contributed by atoms with Gasteiger partial charge in [0.25, 0.3) is 0 Å². The molecule has 0 aromatic carbocycles. The number of methoxy groups -OCH3 is 2. The molecule has 0 radical (unpaired) electrons. The lowest BCUT2D eigenvalue weighted by atomic mass is 9.97. The minimum Gasteiger partial charge on any atom is -0.454 e. The molecule has 2 saturated heterocycles. The van der Waals surface area contributed by atoms with Crippen molar-refractivity contribution in [1.29, 1.82) is 0 Å². The molecule has 0 aromatic heterocycles. The highest BCUT2D eigenvalue weighted by Gasteiger charge is 2.54. The summed E-state index contributed by atoms with van der Waals surface area (Å²) in [6.07, 6.45) is 34.6. The van der Waals surface area contributed by atoms with Gasteiger partial charge in [0.15, 0.2) is 18.7 Å². The van der Waals surface area contributed by atoms with E-state index in [-0.39, 0.29) is 32.3 Å². The molecule has 2 heterocycles. The molecular weight excluding hydrogens is 1200 g/mol. The molecule has 0 saturated carbocycles. The first-order valence-electron chi connectivity index (χ1n) is 36.0. The summed E-state index contributed by atoms with van der Waals surface area (Å²) in [7, 11) is -7.05. The Morgan fingerprint density at radius 2 is 0.878 bits per heavy atom. The van der Waals surface area contributed by atoms with Crippen LogP contribution in [-0.4, -0.2) is 159 Å². The van der Waals surface area contributed by atoms with Gasteiger partial charge in [-0.3, -0.25) is 13.8 Å². The average Bonchev–Trinajstić information content (AvgIpc) is 0.859. The number of esters is 1. The number of unbranched alkanes of at least 4 members (excludes halogenated alkanes) is 33. The number of carbonyl (C=O) groups excluding carboxylic acids is 1. The van der Waals surface area contributed by atoms with Crippen molar-refractivity contribution in [3.8, 4) is 0 Å². The van der Waals surface area contributed by atoms with Gasteiger partial charge in [0, 0.05) is 40.5 Å². The number of hydrogen-bond donors (Lipinski definition) is 5. The van der Waals surface area contributed by atoms with Gasteiger partial charge in [-0.2, -0.15) is 0 Å². The second-order valence-electron chi connectivity index (χ2n) is 25.1. The van der Waals surface area contributed by atoms with Gasteiger partial charge in [-0.1, -0.05) is 239 Å². The van der Waals surface area contributed by atoms with E-state index in [1.165, 1.54) is 110 Å². The number of aliphatic hydroxyl groups excluding tert-OH is 1. The van der Waals surface area contributed by atoms with Gasteiger partial charge >= 0.3 is 21.6 Å². The van der Waals surface area contributed by atoms with Crippen molar-refractivity contribution in [2.75, 3.05) is 60.5 Å². The Hall–Kier alpha value is -0.970. The lowest BCUT2D eigenvalue weighted by Gasteiger charge is -2.47. The predicted octanol–water partition coefficient (Wildman–Crippen LogP) is 15.8. The van der Waals surface area contributed by atoms with Crippen LogP contribution in [0.2, 0.25) is 0 Å². The summed E-state index contributed by atoms with van der Waals surface area (Å²) < 4.78 is 97.7. The summed E-state index contributed by atoms with van der Waals surface area (Å²) in [5.74, 6) is -0.600. The van der Waals surface area contributed by atoms with Crippen molar-refractivity contribution >= 4 is 21.6 Å². The standard InChI is InChI=1S/C68H132O20P2/c1-7-11-15-19-22-25-28-29-30-31-32-33-36-40-44-48-60(69)87-66-64(81-52-49-57(78-6)47-43-39-18-14-10-4)62(88-90(74,75)76)59(55-77-5)86-68(66)83-56-58-61(70)63(79-50-45-41-37-34-26-23-20-16-12-8-2)65(67(85-58)82-53-54-84-89(71,72)73)80-51-46-42-38-35-27-24-21-17-13-9-3/h25,28,57-59,61-68,70H,7-24,26-27,29-56H2,1-6H3,(H2,71,72,73)(H2,74,75,76)/t57-,58-,59-,61-,62-,63+,64+,65-,66-,67+,68-/m1/s1. The van der Waals surface area contributed by atoms with Crippen molar-refractivity contribution in [3.05, 3.63) is 12.2 Å². The van der Waals surface area contributed by atoms with Crippen LogP contribution in [0.15, 0.2) is 12.2 Å². The van der Waals surface area contributed by atoms with E-state index in [1.807, 2.05) is 0 Å². The summed E-state index contributed by atoms with van der Waals surface area (Å²) in [4.78, 5) is 53.8. The molecule has 2 aliphatic heterocycles. The Kier molecular flexibility index (Phi) is 53.0. The Balaban J connectivity index is 2.45. The molecule has 2 aliphatic rings. The highest BCUT2D eigenvalue weighted by Crippen LogP contribution is 2.43. The lowest BCUT2D eigenvalue weighted by molar-refractivity contribution is -0.340. The SMILES string of the molecule is CCCCCCC=CCCCCCCCCCC(=O)O[C@H]1[C@H](OC[C@H]2O[C@H](OCCOP(=O)(O)O)[C@H](OCCCCCCCCCCCC)[C@@H](OCCCCCCCCCCCC)[C@@H]2O)O[C@H](COC)[C@@H](OP(=O)(O)O)[C@@H]1OCC[C@@H](CCCCCCC)OC. The van der Waals surface area contributed by atoms with Crippen LogP contribution in [0, 0.1) is 0 Å². The molecule has 20 nitrogen and oxygen atoms in total. The van der Waals surface area contributed by atoms with Gasteiger partial charge in [0.05, 0.1) is 32.5 Å². The number of phosphoric ester groups is 2. The van der Waals surface area contributed by atoms with Crippen molar-refractivity contribution in [1.82, 2.24) is 0 Å². The predicted molar refractivity (Wildman–Crippen MR) is 353 cm³/mol. The molecule has 11 atom stereocenters. The summed E-state index contributed by atoms with van der Waals surface area (Å²) >= 11 is 0. The highest BCUT2D eigenvalue weighted by molar-refractivity contribution is 7.46. The van der Waals surface area contributed by atoms with Crippen LogP contribution in [0.1, 0.15) is 291 Å². The van der Waals surface area contributed by atoms with Gasteiger partial charge in [0.1, 0.15) is 42.7 Å². The van der Waals surface area contributed by atoms with E-state index in [9.17, 15) is 38.6 Å². The van der Waals surface area contributed by atoms with E-state index < -0.39 is 96.2 Å². The van der Waals surface area contributed by atoms with Gasteiger partial charge < -0.3 is 72.0 Å². The molecule has 5 N–H and O–H groups in total. The molecule has 0 unspecified atom stereocenters. The lowest BCUT2D eigenvalue weighted by Crippen LogP contribution is -2.64. The van der Waals surface area contributed by atoms with E-state index in [1.54, 1.807) is 7.11 Å². The fourth-order valence-electron chi connectivity index (χ4n) is 11.8. The van der Waals surface area contributed by atoms with Gasteiger partial charge in [0.2, 0.25) is 0 Å². The third kappa shape index (κ3) is 43.3. The third-order valence-corrected chi connectivity index (χ3v) is 18.1. The first-order valence-corrected chi connectivity index (χ1v) is 39.1. The van der Waals surface area contributed by atoms with Crippen molar-refractivity contribution in [2.24, 2.45) is 0 Å². The van der Waals surface area contributed by atoms with Crippen LogP contribution in [0.3, 0.4) is 0 Å². The molecule has 22 heteroatoms. The van der Waals surface area contributed by atoms with E-state index in [0.717, 1.165) is 141 Å². The molecular formula is C68H132O20P2. The number of carbonyl (C=O) groups is 1. The summed E-state index contributed by atoms with van der Waals surface area (Å²) in [5, 5.41) is 12.4. The molecule has 90 heavy (non-hydrogen) atoms. The van der Waals surface area contributed by atoms with Crippen molar-refractivity contribution in [3.63, 3.8) is 0 Å². The van der Waals surface area contributed by atoms with Crippen LogP contribution < -0.4 is 0 Å². The van der Waals surface area contributed by atoms with Crippen molar-refractivity contribution < 1.29 is 95.0 Å². The van der Waals surface area contributed by atoms with Gasteiger partial charge in [-0.05, 0) is 57.8 Å². The summed E-state index contributed by atoms with van der Waals surface area (Å²) in [6, 6.07) is 0. The summed E-state index contributed by atoms with van der Waals surface area (Å²) in [5.41, 5.74) is 0. The maximum atomic E-state index is 14.1. The quantitative estimate of drug-likeness (QED) is 0.0164. The largest absolute Gasteiger partial charge is 0.470 e. The topological polar surface area (TPSA) is 263 Å². The third-order valence-electron chi connectivity index (χ3n) is 17.1. The monoisotopic (exact) mass is 1330 g/mol. The minimum atomic E-state index is -5.24. The normalized spacial score (nSPS) is 22.9. The summed E-state index contributed by atoms with van der Waals surface area (Å²) in [6.45, 7) is 8.01. The zero-order valence-electron chi connectivity index (χ0n) is 57.2. The van der Waals surface area contributed by atoms with Crippen molar-refractivity contribution in [2.45, 2.75) is 358 Å². The minimum absolute atomic E-state index is 0.0305. The van der Waals surface area contributed by atoms with Gasteiger partial charge in [-0.25, -0.2) is 9.13 Å². The number of phosphoric acid groups is 2. The number of rotatable bonds is 63. The fraction of sp³-hybridized carbons (Fsp3) is 0.956. The molecule has 2 rings (SSSR count). The molecule has 0 aromatic rings. The number of ether oxygens (including phenoxy) is 10. The van der Waals surface area contributed by atoms with Gasteiger partial charge in [-0.15, -0.1) is 0 Å². The maximum Gasteiger partial charge on any atom is 0.470 e. The number of hydrogen-bond acceptors (Lipinski definition) is 16. The second kappa shape index (κ2) is 56.1. The molecule has 0 bridgehead atoms. The van der Waals surface area contributed by atoms with Crippen LogP contribution in [0.4, 0.5) is 0 Å². The number of allylic oxidation sites excluding steroid dienone is 2. The fourth-order valence-corrected chi connectivity index (χ4v) is 12.7. The molecule has 2 fully saturated rings. The first kappa shape index (κ1) is 85.1. The van der Waals surface area contributed by atoms with Crippen LogP contribution >= 0.6 is 15.6 Å². The van der Waals surface area contributed by atoms with Crippen LogP contribution in [0.25, 0.3) is 0 Å². The van der Waals surface area contributed by atoms with E-state index in [4.69, 9.17) is 56.4 Å². The highest BCUT2D eigenvalue weighted by atomic mass is 31.2. The molecule has 0 amide bonds. The molecule has 534 valence electrons. The van der Waals surface area contributed by atoms with E-state index in [2.05, 4.69) is 39.8 Å². The van der Waals surface area contributed by atoms with Crippen LogP contribution in [-0.2, 0) is 70.3 Å². The Bertz CT molecular complexity index is 1770. The Morgan fingerprint density at radius 3 is 1.38 bits per heavy atom. The second-order valence-corrected chi connectivity index (χ2v) is 27.6. The smallest absolute Gasteiger partial charge is 0.454 e. The Morgan fingerprint density at radius 1 is 0.433 bits per heavy atom. The Labute approximate surface area is 545 Å². The average molecular weight is 1330 g/mol. The zero-order chi connectivity index (χ0) is 65.8. The molecule has 0 spiro atoms. The zero-order valence-corrected chi connectivity index (χ0v) is 59.0. The maximum absolute atomic E-state index is 14.1. The first-order chi connectivity index (χ1) is 43.6. The van der Waals surface area contributed by atoms with Crippen LogP contribution in [0.5, 0.6) is 0 Å². The van der Waals surface area contributed by atoms with E-state index in [0.29, 0.717) is 26.1 Å². The van der Waals surface area contributed by atoms with E-state index >= 15 is 0 Å².